The molecule has 1 N–H and O–H groups in total. The summed E-state index contributed by atoms with van der Waals surface area (Å²) in [5, 5.41) is 2.86. The van der Waals surface area contributed by atoms with Gasteiger partial charge < -0.3 is 10.2 Å². The number of nitrogens with one attached hydrogen (secondary N) is 1. The first-order chi connectivity index (χ1) is 15.2. The number of amides is 1. The monoisotopic (exact) mass is 425 g/mol. The molecule has 2 aliphatic heterocycles. The molecule has 0 saturated carbocycles. The number of anilines is 1. The summed E-state index contributed by atoms with van der Waals surface area (Å²) in [4.78, 5) is 24.0. The Bertz CT molecular complexity index is 841. The first-order valence-electron chi connectivity index (χ1n) is 11.3. The number of rotatable bonds is 7. The molecule has 0 bridgehead atoms. The van der Waals surface area contributed by atoms with E-state index in [0.29, 0.717) is 18.0 Å². The lowest BCUT2D eigenvalue weighted by molar-refractivity contribution is -0.122. The molecule has 1 aromatic carbocycles. The van der Waals surface area contributed by atoms with Crippen molar-refractivity contribution < 1.29 is 9.18 Å². The molecule has 6 nitrogen and oxygen atoms in total. The van der Waals surface area contributed by atoms with E-state index in [9.17, 15) is 9.18 Å². The molecule has 2 aromatic rings. The third kappa shape index (κ3) is 6.24. The number of aromatic nitrogens is 1. The lowest BCUT2D eigenvalue weighted by atomic mass is 9.97. The van der Waals surface area contributed by atoms with Crippen LogP contribution in [-0.4, -0.2) is 73.0 Å². The number of hydrogen-bond acceptors (Lipinski definition) is 5. The van der Waals surface area contributed by atoms with Crippen LogP contribution in [0.5, 0.6) is 0 Å². The van der Waals surface area contributed by atoms with E-state index in [1.807, 2.05) is 18.3 Å². The van der Waals surface area contributed by atoms with Crippen LogP contribution in [0.15, 0.2) is 48.7 Å². The Morgan fingerprint density at radius 3 is 2.61 bits per heavy atom. The number of piperidine rings is 1. The molecule has 31 heavy (non-hydrogen) atoms. The molecule has 0 spiro atoms. The van der Waals surface area contributed by atoms with E-state index in [4.69, 9.17) is 0 Å². The number of halogens is 1. The molecule has 7 heteroatoms. The van der Waals surface area contributed by atoms with E-state index in [1.54, 1.807) is 18.2 Å². The average Bonchev–Trinajstić information content (AvgIpc) is 2.80. The zero-order valence-electron chi connectivity index (χ0n) is 18.0. The van der Waals surface area contributed by atoms with Crippen LogP contribution in [-0.2, 0) is 11.3 Å². The number of piperazine rings is 1. The fraction of sp³-hybridized carbons (Fsp3) is 0.500. The van der Waals surface area contributed by atoms with E-state index < -0.39 is 0 Å². The number of benzene rings is 1. The van der Waals surface area contributed by atoms with Gasteiger partial charge in [-0.05, 0) is 43.5 Å². The van der Waals surface area contributed by atoms with Gasteiger partial charge in [0.15, 0.2) is 0 Å². The van der Waals surface area contributed by atoms with Gasteiger partial charge in [0.25, 0.3) is 0 Å². The quantitative estimate of drug-likeness (QED) is 0.738. The highest BCUT2D eigenvalue weighted by Gasteiger charge is 2.25. The SMILES string of the molecule is O=C(CN1CCCC(CN2CCN(c3ccccn3)CC2)C1)NCc1ccccc1F. The highest BCUT2D eigenvalue weighted by molar-refractivity contribution is 5.78. The summed E-state index contributed by atoms with van der Waals surface area (Å²) in [6.07, 6.45) is 4.19. The van der Waals surface area contributed by atoms with Crippen LogP contribution in [0.2, 0.25) is 0 Å². The fourth-order valence-electron chi connectivity index (χ4n) is 4.60. The van der Waals surface area contributed by atoms with Crippen LogP contribution in [0.1, 0.15) is 18.4 Å². The molecular weight excluding hydrogens is 393 g/mol. The lowest BCUT2D eigenvalue weighted by Gasteiger charge is -2.39. The second kappa shape index (κ2) is 10.7. The van der Waals surface area contributed by atoms with Crippen molar-refractivity contribution in [2.24, 2.45) is 5.92 Å². The molecule has 1 amide bonds. The van der Waals surface area contributed by atoms with E-state index in [0.717, 1.165) is 58.1 Å². The van der Waals surface area contributed by atoms with Gasteiger partial charge in [-0.2, -0.15) is 0 Å². The predicted molar refractivity (Wildman–Crippen MR) is 120 cm³/mol. The second-order valence-corrected chi connectivity index (χ2v) is 8.59. The van der Waals surface area contributed by atoms with Crippen molar-refractivity contribution in [2.45, 2.75) is 19.4 Å². The second-order valence-electron chi connectivity index (χ2n) is 8.59. The highest BCUT2D eigenvalue weighted by Crippen LogP contribution is 2.19. The summed E-state index contributed by atoms with van der Waals surface area (Å²) in [5.41, 5.74) is 0.525. The summed E-state index contributed by atoms with van der Waals surface area (Å²) in [6, 6.07) is 12.6. The topological polar surface area (TPSA) is 51.7 Å². The Morgan fingerprint density at radius 2 is 1.84 bits per heavy atom. The van der Waals surface area contributed by atoms with Gasteiger partial charge in [0.2, 0.25) is 5.91 Å². The van der Waals surface area contributed by atoms with Gasteiger partial charge >= 0.3 is 0 Å². The van der Waals surface area contributed by atoms with Gasteiger partial charge in [0.1, 0.15) is 11.6 Å². The Hall–Kier alpha value is -2.51. The first-order valence-corrected chi connectivity index (χ1v) is 11.3. The largest absolute Gasteiger partial charge is 0.354 e. The van der Waals surface area contributed by atoms with Crippen LogP contribution in [0.25, 0.3) is 0 Å². The smallest absolute Gasteiger partial charge is 0.234 e. The average molecular weight is 426 g/mol. The molecule has 2 saturated heterocycles. The Kier molecular flexibility index (Phi) is 7.48. The highest BCUT2D eigenvalue weighted by atomic mass is 19.1. The molecule has 0 aliphatic carbocycles. The van der Waals surface area contributed by atoms with Crippen molar-refractivity contribution in [1.29, 1.82) is 0 Å². The minimum absolute atomic E-state index is 0.0344. The van der Waals surface area contributed by atoms with Crippen LogP contribution in [0, 0.1) is 11.7 Å². The van der Waals surface area contributed by atoms with Crippen molar-refractivity contribution in [2.75, 3.05) is 57.3 Å². The maximum Gasteiger partial charge on any atom is 0.234 e. The molecule has 2 fully saturated rings. The van der Waals surface area contributed by atoms with Gasteiger partial charge in [-0.1, -0.05) is 24.3 Å². The number of carbonyl (C=O) groups is 1. The van der Waals surface area contributed by atoms with E-state index in [-0.39, 0.29) is 18.3 Å². The molecule has 3 heterocycles. The van der Waals surface area contributed by atoms with Crippen molar-refractivity contribution in [3.05, 3.63) is 60.0 Å². The molecule has 1 atom stereocenters. The number of likely N-dealkylation sites (tertiary alicyclic amines) is 1. The predicted octanol–water partition coefficient (Wildman–Crippen LogP) is 2.37. The van der Waals surface area contributed by atoms with Gasteiger partial charge in [-0.3, -0.25) is 14.6 Å². The number of carbonyl (C=O) groups excluding carboxylic acids is 1. The first kappa shape index (κ1) is 21.7. The summed E-state index contributed by atoms with van der Waals surface area (Å²) >= 11 is 0. The van der Waals surface area contributed by atoms with Crippen molar-refractivity contribution in [3.8, 4) is 0 Å². The van der Waals surface area contributed by atoms with Crippen LogP contribution in [0.3, 0.4) is 0 Å². The summed E-state index contributed by atoms with van der Waals surface area (Å²) in [5.74, 6) is 1.35. The molecular formula is C24H32FN5O. The molecule has 2 aliphatic rings. The summed E-state index contributed by atoms with van der Waals surface area (Å²) in [7, 11) is 0. The maximum absolute atomic E-state index is 13.7. The van der Waals surface area contributed by atoms with Gasteiger partial charge in [-0.25, -0.2) is 9.37 Å². The summed E-state index contributed by atoms with van der Waals surface area (Å²) < 4.78 is 13.7. The van der Waals surface area contributed by atoms with Crippen molar-refractivity contribution in [1.82, 2.24) is 20.1 Å². The minimum atomic E-state index is -0.274. The van der Waals surface area contributed by atoms with E-state index >= 15 is 0 Å². The lowest BCUT2D eigenvalue weighted by Crippen LogP contribution is -2.50. The number of nitrogens with zero attached hydrogens (tertiary/aromatic N) is 4. The zero-order valence-corrected chi connectivity index (χ0v) is 18.0. The molecule has 1 unspecified atom stereocenters. The standard InChI is InChI=1S/C24H32FN5O/c25-22-8-2-1-7-21(22)16-27-24(31)19-29-11-5-6-20(18-29)17-28-12-14-30(15-13-28)23-9-3-4-10-26-23/h1-4,7-10,20H,5-6,11-19H2,(H,27,31). The fourth-order valence-corrected chi connectivity index (χ4v) is 4.60. The van der Waals surface area contributed by atoms with Crippen molar-refractivity contribution >= 4 is 11.7 Å². The molecule has 166 valence electrons. The van der Waals surface area contributed by atoms with Gasteiger partial charge in [0.05, 0.1) is 6.54 Å². The number of hydrogen-bond donors (Lipinski definition) is 1. The summed E-state index contributed by atoms with van der Waals surface area (Å²) in [6.45, 7) is 7.74. The van der Waals surface area contributed by atoms with Crippen LogP contribution >= 0.6 is 0 Å². The van der Waals surface area contributed by atoms with Crippen molar-refractivity contribution in [3.63, 3.8) is 0 Å². The minimum Gasteiger partial charge on any atom is -0.354 e. The normalized spacial score (nSPS) is 20.5. The van der Waals surface area contributed by atoms with E-state index in [2.05, 4.69) is 31.1 Å². The maximum atomic E-state index is 13.7. The Balaban J connectivity index is 1.18. The molecule has 4 rings (SSSR count). The third-order valence-electron chi connectivity index (χ3n) is 6.27. The van der Waals surface area contributed by atoms with E-state index in [1.165, 1.54) is 12.5 Å². The van der Waals surface area contributed by atoms with Crippen LogP contribution in [0.4, 0.5) is 10.2 Å². The van der Waals surface area contributed by atoms with Crippen LogP contribution < -0.4 is 10.2 Å². The third-order valence-corrected chi connectivity index (χ3v) is 6.27. The van der Waals surface area contributed by atoms with Gasteiger partial charge in [0, 0.05) is 57.6 Å². The molecule has 1 aromatic heterocycles. The van der Waals surface area contributed by atoms with Gasteiger partial charge in [-0.15, -0.1) is 0 Å². The Morgan fingerprint density at radius 1 is 1.03 bits per heavy atom. The number of pyridine rings is 1. The zero-order chi connectivity index (χ0) is 21.5. The molecule has 0 radical (unpaired) electrons. The Labute approximate surface area is 184 Å².